The van der Waals surface area contributed by atoms with Crippen molar-refractivity contribution in [1.82, 2.24) is 4.98 Å². The first-order valence-electron chi connectivity index (χ1n) is 4.08. The van der Waals surface area contributed by atoms with Gasteiger partial charge in [0, 0.05) is 23.0 Å². The Hall–Kier alpha value is -1.06. The van der Waals surface area contributed by atoms with Gasteiger partial charge in [-0.1, -0.05) is 6.07 Å². The van der Waals surface area contributed by atoms with Crippen molar-refractivity contribution in [2.24, 2.45) is 5.73 Å². The lowest BCUT2D eigenvalue weighted by Gasteiger charge is -2.03. The number of nitrogens with zero attached hydrogens (tertiary/aromatic N) is 1. The first kappa shape index (κ1) is 8.53. The molecule has 13 heavy (non-hydrogen) atoms. The van der Waals surface area contributed by atoms with Crippen LogP contribution in [0, 0.1) is 0 Å². The van der Waals surface area contributed by atoms with Crippen molar-refractivity contribution in [1.29, 1.82) is 0 Å². The smallest absolute Gasteiger partial charge is 0.0835 e. The van der Waals surface area contributed by atoms with Crippen molar-refractivity contribution in [2.75, 3.05) is 0 Å². The lowest BCUT2D eigenvalue weighted by Crippen LogP contribution is -1.96. The molecule has 2 rings (SSSR count). The first-order valence-corrected chi connectivity index (χ1v) is 4.52. The maximum Gasteiger partial charge on any atom is 0.0835 e. The van der Waals surface area contributed by atoms with Crippen LogP contribution in [-0.2, 0) is 6.54 Å². The Balaban J connectivity index is 2.77. The molecule has 0 unspecified atom stereocenters. The normalized spacial score (nSPS) is 10.6. The molecule has 1 aromatic heterocycles. The van der Waals surface area contributed by atoms with E-state index in [1.54, 1.807) is 6.20 Å². The largest absolute Gasteiger partial charge is 0.326 e. The molecule has 0 radical (unpaired) electrons. The Kier molecular flexibility index (Phi) is 2.20. The van der Waals surface area contributed by atoms with Gasteiger partial charge in [0.25, 0.3) is 0 Å². The van der Waals surface area contributed by atoms with Crippen molar-refractivity contribution in [3.8, 4) is 0 Å². The number of hydrogen-bond acceptors (Lipinski definition) is 3. The van der Waals surface area contributed by atoms with Gasteiger partial charge in [0.1, 0.15) is 0 Å². The van der Waals surface area contributed by atoms with E-state index in [1.165, 1.54) is 0 Å². The maximum absolute atomic E-state index is 5.56. The SMILES string of the molecule is NCc1cc(S)c2ncccc2c1. The molecule has 0 aliphatic heterocycles. The van der Waals surface area contributed by atoms with Gasteiger partial charge in [0.05, 0.1) is 5.52 Å². The minimum atomic E-state index is 0.540. The third-order valence-corrected chi connectivity index (χ3v) is 2.32. The summed E-state index contributed by atoms with van der Waals surface area (Å²) in [5.41, 5.74) is 7.58. The van der Waals surface area contributed by atoms with Gasteiger partial charge in [0.15, 0.2) is 0 Å². The summed E-state index contributed by atoms with van der Waals surface area (Å²) in [7, 11) is 0. The van der Waals surface area contributed by atoms with E-state index >= 15 is 0 Å². The number of pyridine rings is 1. The predicted molar refractivity (Wildman–Crippen MR) is 56.9 cm³/mol. The van der Waals surface area contributed by atoms with Gasteiger partial charge in [-0.25, -0.2) is 0 Å². The Morgan fingerprint density at radius 3 is 3.00 bits per heavy atom. The molecule has 1 aromatic carbocycles. The number of rotatable bonds is 1. The Morgan fingerprint density at radius 1 is 1.38 bits per heavy atom. The van der Waals surface area contributed by atoms with Crippen LogP contribution in [-0.4, -0.2) is 4.98 Å². The molecule has 3 heteroatoms. The second-order valence-corrected chi connectivity index (χ2v) is 3.38. The Labute approximate surface area is 82.2 Å². The van der Waals surface area contributed by atoms with Gasteiger partial charge >= 0.3 is 0 Å². The predicted octanol–water partition coefficient (Wildman–Crippen LogP) is 1.98. The fourth-order valence-electron chi connectivity index (χ4n) is 1.35. The highest BCUT2D eigenvalue weighted by Gasteiger charge is 2.00. The highest BCUT2D eigenvalue weighted by atomic mass is 32.1. The highest BCUT2D eigenvalue weighted by Crippen LogP contribution is 2.21. The molecular formula is C10H10N2S. The monoisotopic (exact) mass is 190 g/mol. The molecule has 0 atom stereocenters. The van der Waals surface area contributed by atoms with Crippen molar-refractivity contribution >= 4 is 23.5 Å². The number of aromatic nitrogens is 1. The summed E-state index contributed by atoms with van der Waals surface area (Å²) < 4.78 is 0. The number of benzene rings is 1. The third-order valence-electron chi connectivity index (χ3n) is 1.98. The van der Waals surface area contributed by atoms with E-state index in [9.17, 15) is 0 Å². The quantitative estimate of drug-likeness (QED) is 0.675. The van der Waals surface area contributed by atoms with Crippen molar-refractivity contribution < 1.29 is 0 Å². The zero-order chi connectivity index (χ0) is 9.26. The van der Waals surface area contributed by atoms with Crippen LogP contribution in [0.4, 0.5) is 0 Å². The fourth-order valence-corrected chi connectivity index (χ4v) is 1.70. The van der Waals surface area contributed by atoms with E-state index in [2.05, 4.69) is 17.6 Å². The number of thiol groups is 1. The molecule has 0 amide bonds. The van der Waals surface area contributed by atoms with Gasteiger partial charge in [-0.2, -0.15) is 0 Å². The van der Waals surface area contributed by atoms with E-state index in [0.717, 1.165) is 21.4 Å². The summed E-state index contributed by atoms with van der Waals surface area (Å²) in [6.07, 6.45) is 1.77. The van der Waals surface area contributed by atoms with Gasteiger partial charge in [0.2, 0.25) is 0 Å². The molecule has 0 spiro atoms. The van der Waals surface area contributed by atoms with Crippen molar-refractivity contribution in [2.45, 2.75) is 11.4 Å². The molecule has 2 nitrogen and oxygen atoms in total. The summed E-state index contributed by atoms with van der Waals surface area (Å²) in [6, 6.07) is 7.93. The molecule has 0 saturated carbocycles. The molecular weight excluding hydrogens is 180 g/mol. The van der Waals surface area contributed by atoms with Gasteiger partial charge in [-0.3, -0.25) is 4.98 Å². The topological polar surface area (TPSA) is 38.9 Å². The van der Waals surface area contributed by atoms with Crippen LogP contribution in [0.2, 0.25) is 0 Å². The molecule has 2 aromatic rings. The Morgan fingerprint density at radius 2 is 2.23 bits per heavy atom. The van der Waals surface area contributed by atoms with Crippen LogP contribution in [0.1, 0.15) is 5.56 Å². The summed E-state index contributed by atoms with van der Waals surface area (Å²) in [4.78, 5) is 5.13. The second kappa shape index (κ2) is 3.36. The molecule has 0 aliphatic carbocycles. The van der Waals surface area contributed by atoms with Crippen LogP contribution in [0.5, 0.6) is 0 Å². The van der Waals surface area contributed by atoms with Crippen LogP contribution < -0.4 is 5.73 Å². The standard InChI is InChI=1S/C10H10N2S/c11-6-7-4-8-2-1-3-12-10(8)9(13)5-7/h1-5,13H,6,11H2. The van der Waals surface area contributed by atoms with E-state index in [4.69, 9.17) is 5.73 Å². The Bertz CT molecular complexity index is 440. The third kappa shape index (κ3) is 1.53. The van der Waals surface area contributed by atoms with Crippen LogP contribution in [0.15, 0.2) is 35.4 Å². The minimum Gasteiger partial charge on any atom is -0.326 e. The average Bonchev–Trinajstić information content (AvgIpc) is 2.18. The van der Waals surface area contributed by atoms with E-state index in [1.807, 2.05) is 24.3 Å². The number of hydrogen-bond donors (Lipinski definition) is 2. The van der Waals surface area contributed by atoms with Gasteiger partial charge < -0.3 is 5.73 Å². The molecule has 0 aliphatic rings. The van der Waals surface area contributed by atoms with Crippen molar-refractivity contribution in [3.63, 3.8) is 0 Å². The molecule has 2 N–H and O–H groups in total. The van der Waals surface area contributed by atoms with Crippen LogP contribution in [0.3, 0.4) is 0 Å². The zero-order valence-corrected chi connectivity index (χ0v) is 7.96. The number of fused-ring (bicyclic) bond motifs is 1. The van der Waals surface area contributed by atoms with Crippen LogP contribution in [0.25, 0.3) is 10.9 Å². The lowest BCUT2D eigenvalue weighted by atomic mass is 10.1. The molecule has 0 saturated heterocycles. The second-order valence-electron chi connectivity index (χ2n) is 2.89. The summed E-state index contributed by atoms with van der Waals surface area (Å²) >= 11 is 4.36. The average molecular weight is 190 g/mol. The summed E-state index contributed by atoms with van der Waals surface area (Å²) in [5.74, 6) is 0. The van der Waals surface area contributed by atoms with Gasteiger partial charge in [-0.05, 0) is 23.8 Å². The summed E-state index contributed by atoms with van der Waals surface area (Å²) in [5, 5.41) is 1.09. The van der Waals surface area contributed by atoms with Crippen LogP contribution >= 0.6 is 12.6 Å². The fraction of sp³-hybridized carbons (Fsp3) is 0.100. The first-order chi connectivity index (χ1) is 6.31. The van der Waals surface area contributed by atoms with E-state index in [-0.39, 0.29) is 0 Å². The molecule has 0 bridgehead atoms. The minimum absolute atomic E-state index is 0.540. The maximum atomic E-state index is 5.56. The molecule has 66 valence electrons. The van der Waals surface area contributed by atoms with E-state index < -0.39 is 0 Å². The van der Waals surface area contributed by atoms with E-state index in [0.29, 0.717) is 6.54 Å². The summed E-state index contributed by atoms with van der Waals surface area (Å²) in [6.45, 7) is 0.540. The lowest BCUT2D eigenvalue weighted by molar-refractivity contribution is 1.07. The van der Waals surface area contributed by atoms with Crippen molar-refractivity contribution in [3.05, 3.63) is 36.0 Å². The molecule has 1 heterocycles. The highest BCUT2D eigenvalue weighted by molar-refractivity contribution is 7.80. The zero-order valence-electron chi connectivity index (χ0n) is 7.07. The molecule has 0 fully saturated rings. The van der Waals surface area contributed by atoms with Gasteiger partial charge in [-0.15, -0.1) is 12.6 Å². The number of nitrogens with two attached hydrogens (primary N) is 1.